The van der Waals surface area contributed by atoms with Crippen molar-refractivity contribution in [2.45, 2.75) is 58.0 Å². The molecule has 0 radical (unpaired) electrons. The summed E-state index contributed by atoms with van der Waals surface area (Å²) in [7, 11) is 0. The van der Waals surface area contributed by atoms with E-state index < -0.39 is 0 Å². The van der Waals surface area contributed by atoms with Gasteiger partial charge in [-0.05, 0) is 62.3 Å². The number of rotatable bonds is 7. The lowest BCUT2D eigenvalue weighted by atomic mass is 9.98. The zero-order chi connectivity index (χ0) is 23.4. The van der Waals surface area contributed by atoms with Gasteiger partial charge < -0.3 is 10.2 Å². The van der Waals surface area contributed by atoms with E-state index in [0.717, 1.165) is 46.7 Å². The smallest absolute Gasteiger partial charge is 0.234 e. The maximum atomic E-state index is 12.9. The van der Waals surface area contributed by atoms with Crippen LogP contribution < -0.4 is 10.2 Å². The normalized spacial score (nSPS) is 14.0. The molecule has 0 unspecified atom stereocenters. The van der Waals surface area contributed by atoms with Crippen LogP contribution in [0.3, 0.4) is 0 Å². The van der Waals surface area contributed by atoms with Crippen LogP contribution in [-0.2, 0) is 4.79 Å². The molecule has 1 saturated heterocycles. The topological polar surface area (TPSA) is 63.1 Å². The standard InChI is InChI=1S/C26H33N5OS/c1-18(2)22-10-8-9-20(4)24(22)27-23(32)17-33-26-29-28-25(30-15-6-5-7-16-30)31(26)21-13-11-19(3)12-14-21/h8-14,18H,5-7,15-17H2,1-4H3,(H,27,32). The number of hydrogen-bond donors (Lipinski definition) is 1. The van der Waals surface area contributed by atoms with Gasteiger partial charge in [-0.1, -0.05) is 61.5 Å². The molecule has 0 atom stereocenters. The molecule has 33 heavy (non-hydrogen) atoms. The third-order valence-electron chi connectivity index (χ3n) is 6.07. The van der Waals surface area contributed by atoms with Crippen LogP contribution in [0.15, 0.2) is 47.6 Å². The van der Waals surface area contributed by atoms with E-state index in [1.54, 1.807) is 0 Å². The summed E-state index contributed by atoms with van der Waals surface area (Å²) in [6.45, 7) is 10.4. The summed E-state index contributed by atoms with van der Waals surface area (Å²) < 4.78 is 2.09. The highest BCUT2D eigenvalue weighted by molar-refractivity contribution is 7.99. The highest BCUT2D eigenvalue weighted by Crippen LogP contribution is 2.30. The summed E-state index contributed by atoms with van der Waals surface area (Å²) in [5.74, 6) is 1.44. The van der Waals surface area contributed by atoms with E-state index in [2.05, 4.69) is 76.1 Å². The number of aromatic nitrogens is 3. The van der Waals surface area contributed by atoms with Gasteiger partial charge in [0.1, 0.15) is 0 Å². The summed E-state index contributed by atoms with van der Waals surface area (Å²) in [5, 5.41) is 12.9. The minimum atomic E-state index is -0.0332. The van der Waals surface area contributed by atoms with Crippen LogP contribution in [-0.4, -0.2) is 39.5 Å². The summed E-state index contributed by atoms with van der Waals surface area (Å²) >= 11 is 1.43. The lowest BCUT2D eigenvalue weighted by Gasteiger charge is -2.27. The van der Waals surface area contributed by atoms with E-state index >= 15 is 0 Å². The summed E-state index contributed by atoms with van der Waals surface area (Å²) in [5.41, 5.74) is 5.39. The highest BCUT2D eigenvalue weighted by atomic mass is 32.2. The van der Waals surface area contributed by atoms with Crippen LogP contribution in [0.5, 0.6) is 0 Å². The number of carbonyl (C=O) groups is 1. The lowest BCUT2D eigenvalue weighted by Crippen LogP contribution is -2.31. The minimum Gasteiger partial charge on any atom is -0.341 e. The van der Waals surface area contributed by atoms with Crippen molar-refractivity contribution in [3.8, 4) is 5.69 Å². The Morgan fingerprint density at radius 3 is 2.45 bits per heavy atom. The van der Waals surface area contributed by atoms with Crippen LogP contribution >= 0.6 is 11.8 Å². The predicted molar refractivity (Wildman–Crippen MR) is 137 cm³/mol. The summed E-state index contributed by atoms with van der Waals surface area (Å²) in [6.07, 6.45) is 3.59. The van der Waals surface area contributed by atoms with Crippen molar-refractivity contribution in [2.75, 3.05) is 29.1 Å². The molecular weight excluding hydrogens is 430 g/mol. The Kier molecular flexibility index (Phi) is 7.38. The van der Waals surface area contributed by atoms with Crippen molar-refractivity contribution in [1.82, 2.24) is 14.8 Å². The Hall–Kier alpha value is -2.80. The lowest BCUT2D eigenvalue weighted by molar-refractivity contribution is -0.113. The molecule has 1 aliphatic rings. The van der Waals surface area contributed by atoms with Gasteiger partial charge in [0, 0.05) is 18.8 Å². The van der Waals surface area contributed by atoms with Crippen molar-refractivity contribution in [1.29, 1.82) is 0 Å². The van der Waals surface area contributed by atoms with E-state index in [9.17, 15) is 4.79 Å². The van der Waals surface area contributed by atoms with Gasteiger partial charge in [0.05, 0.1) is 11.4 Å². The van der Waals surface area contributed by atoms with Crippen LogP contribution in [0.4, 0.5) is 11.6 Å². The molecule has 4 rings (SSSR count). The average Bonchev–Trinajstić information content (AvgIpc) is 3.24. The fourth-order valence-corrected chi connectivity index (χ4v) is 4.97. The van der Waals surface area contributed by atoms with Gasteiger partial charge in [0.25, 0.3) is 0 Å². The molecular formula is C26H33N5OS. The first kappa shape index (κ1) is 23.4. The second kappa shape index (κ2) is 10.4. The molecule has 6 nitrogen and oxygen atoms in total. The molecule has 0 saturated carbocycles. The largest absolute Gasteiger partial charge is 0.341 e. The number of piperidine rings is 1. The maximum absolute atomic E-state index is 12.9. The second-order valence-corrected chi connectivity index (χ2v) is 9.97. The monoisotopic (exact) mass is 463 g/mol. The van der Waals surface area contributed by atoms with Crippen LogP contribution in [0.25, 0.3) is 5.69 Å². The Bertz CT molecular complexity index is 1100. The van der Waals surface area contributed by atoms with Crippen LogP contribution in [0.1, 0.15) is 55.7 Å². The minimum absolute atomic E-state index is 0.0332. The zero-order valence-electron chi connectivity index (χ0n) is 20.0. The molecule has 0 bridgehead atoms. The Morgan fingerprint density at radius 2 is 1.76 bits per heavy atom. The molecule has 2 aromatic carbocycles. The van der Waals surface area contributed by atoms with Gasteiger partial charge in [0.2, 0.25) is 11.9 Å². The van der Waals surface area contributed by atoms with Gasteiger partial charge in [-0.2, -0.15) is 0 Å². The quantitative estimate of drug-likeness (QED) is 0.454. The van der Waals surface area contributed by atoms with Crippen molar-refractivity contribution in [3.05, 3.63) is 59.2 Å². The number of nitrogens with zero attached hydrogens (tertiary/aromatic N) is 4. The first-order chi connectivity index (χ1) is 15.9. The van der Waals surface area contributed by atoms with Crippen molar-refractivity contribution >= 4 is 29.3 Å². The molecule has 2 heterocycles. The van der Waals surface area contributed by atoms with Crippen LogP contribution in [0.2, 0.25) is 0 Å². The number of hydrogen-bond acceptors (Lipinski definition) is 5. The van der Waals surface area contributed by atoms with Gasteiger partial charge in [-0.25, -0.2) is 0 Å². The van der Waals surface area contributed by atoms with E-state index in [-0.39, 0.29) is 11.7 Å². The number of thioether (sulfide) groups is 1. The van der Waals surface area contributed by atoms with Crippen molar-refractivity contribution in [3.63, 3.8) is 0 Å². The molecule has 7 heteroatoms. The highest BCUT2D eigenvalue weighted by Gasteiger charge is 2.22. The average molecular weight is 464 g/mol. The number of amides is 1. The molecule has 1 aliphatic heterocycles. The summed E-state index contributed by atoms with van der Waals surface area (Å²) in [4.78, 5) is 15.2. The van der Waals surface area contributed by atoms with E-state index in [1.165, 1.54) is 36.6 Å². The molecule has 3 aromatic rings. The first-order valence-electron chi connectivity index (χ1n) is 11.7. The van der Waals surface area contributed by atoms with E-state index in [1.807, 2.05) is 19.1 Å². The Morgan fingerprint density at radius 1 is 1.03 bits per heavy atom. The van der Waals surface area contributed by atoms with Gasteiger partial charge in [-0.3, -0.25) is 9.36 Å². The fraction of sp³-hybridized carbons (Fsp3) is 0.423. The van der Waals surface area contributed by atoms with Crippen molar-refractivity contribution in [2.24, 2.45) is 0 Å². The first-order valence-corrected chi connectivity index (χ1v) is 12.7. The van der Waals surface area contributed by atoms with Gasteiger partial charge >= 0.3 is 0 Å². The molecule has 1 fully saturated rings. The zero-order valence-corrected chi connectivity index (χ0v) is 20.8. The Labute approximate surface area is 200 Å². The summed E-state index contributed by atoms with van der Waals surface area (Å²) in [6, 6.07) is 14.6. The van der Waals surface area contributed by atoms with Crippen molar-refractivity contribution < 1.29 is 4.79 Å². The van der Waals surface area contributed by atoms with E-state index in [4.69, 9.17) is 0 Å². The fourth-order valence-electron chi connectivity index (χ4n) is 4.22. The third kappa shape index (κ3) is 5.41. The van der Waals surface area contributed by atoms with Gasteiger partial charge in [0.15, 0.2) is 5.16 Å². The molecule has 174 valence electrons. The third-order valence-corrected chi connectivity index (χ3v) is 7.00. The maximum Gasteiger partial charge on any atom is 0.234 e. The molecule has 1 amide bonds. The number of benzene rings is 2. The van der Waals surface area contributed by atoms with Gasteiger partial charge in [-0.15, -0.1) is 10.2 Å². The van der Waals surface area contributed by atoms with E-state index in [0.29, 0.717) is 5.92 Å². The number of carbonyl (C=O) groups excluding carboxylic acids is 1. The molecule has 1 aromatic heterocycles. The molecule has 1 N–H and O–H groups in total. The molecule has 0 spiro atoms. The SMILES string of the molecule is Cc1ccc(-n2c(SCC(=O)Nc3c(C)cccc3C(C)C)nnc2N2CCCCC2)cc1. The number of nitrogens with one attached hydrogen (secondary N) is 1. The second-order valence-electron chi connectivity index (χ2n) is 9.03. The van der Waals surface area contributed by atoms with Crippen LogP contribution in [0, 0.1) is 13.8 Å². The number of para-hydroxylation sites is 1. The molecule has 0 aliphatic carbocycles. The predicted octanol–water partition coefficient (Wildman–Crippen LogP) is 5.73. The Balaban J connectivity index is 1.55. The number of anilines is 2. The number of aryl methyl sites for hydroxylation is 2.